The Bertz CT molecular complexity index is 1410. The van der Waals surface area contributed by atoms with Crippen LogP contribution >= 0.6 is 27.3 Å². The molecule has 0 radical (unpaired) electrons. The number of ether oxygens (including phenoxy) is 2. The number of amides is 1. The van der Waals surface area contributed by atoms with Gasteiger partial charge in [-0.25, -0.2) is 8.42 Å². The Labute approximate surface area is 208 Å². The van der Waals surface area contributed by atoms with Gasteiger partial charge in [0.25, 0.3) is 5.91 Å². The van der Waals surface area contributed by atoms with Crippen molar-refractivity contribution in [1.29, 1.82) is 0 Å². The van der Waals surface area contributed by atoms with Crippen LogP contribution in [0.15, 0.2) is 56.8 Å². The number of fused-ring (bicyclic) bond motifs is 1. The molecule has 12 heteroatoms. The summed E-state index contributed by atoms with van der Waals surface area (Å²) >= 11 is 4.67. The molecule has 34 heavy (non-hydrogen) atoms. The molecule has 0 bridgehead atoms. The van der Waals surface area contributed by atoms with Crippen LogP contribution in [0.1, 0.15) is 12.8 Å². The minimum absolute atomic E-state index is 0.0838. The lowest BCUT2D eigenvalue weighted by Gasteiger charge is -2.21. The number of carbonyl (C=O) groups excluding carboxylic acids is 2. The van der Waals surface area contributed by atoms with Crippen LogP contribution < -0.4 is 9.54 Å². The van der Waals surface area contributed by atoms with E-state index in [2.05, 4.69) is 20.9 Å². The van der Waals surface area contributed by atoms with Crippen molar-refractivity contribution in [3.8, 4) is 5.75 Å². The summed E-state index contributed by atoms with van der Waals surface area (Å²) in [5.74, 6) is -0.519. The Morgan fingerprint density at radius 3 is 2.59 bits per heavy atom. The number of nitrogens with zero attached hydrogens (tertiary/aromatic N) is 3. The third-order valence-electron chi connectivity index (χ3n) is 5.52. The van der Waals surface area contributed by atoms with Gasteiger partial charge in [-0.3, -0.25) is 9.59 Å². The fraction of sp³-hybridized carbons (Fsp3) is 0.318. The third kappa shape index (κ3) is 4.81. The van der Waals surface area contributed by atoms with Crippen molar-refractivity contribution in [3.63, 3.8) is 0 Å². The van der Waals surface area contributed by atoms with Crippen molar-refractivity contribution in [1.82, 2.24) is 8.87 Å². The second kappa shape index (κ2) is 9.98. The van der Waals surface area contributed by atoms with Gasteiger partial charge in [0.05, 0.1) is 29.3 Å². The van der Waals surface area contributed by atoms with Crippen LogP contribution in [-0.4, -0.2) is 56.0 Å². The van der Waals surface area contributed by atoms with E-state index in [4.69, 9.17) is 9.47 Å². The molecule has 1 unspecified atom stereocenters. The molecule has 1 aromatic heterocycles. The van der Waals surface area contributed by atoms with Crippen LogP contribution in [-0.2, 0) is 30.9 Å². The fourth-order valence-corrected chi connectivity index (χ4v) is 7.04. The molecule has 2 aromatic carbocycles. The van der Waals surface area contributed by atoms with Crippen molar-refractivity contribution in [2.45, 2.75) is 30.3 Å². The summed E-state index contributed by atoms with van der Waals surface area (Å²) in [5.41, 5.74) is 0.722. The predicted molar refractivity (Wildman–Crippen MR) is 130 cm³/mol. The molecule has 0 spiro atoms. The van der Waals surface area contributed by atoms with E-state index in [0.29, 0.717) is 23.4 Å². The molecular weight excluding hydrogens is 546 g/mol. The van der Waals surface area contributed by atoms with Crippen LogP contribution in [0, 0.1) is 0 Å². The van der Waals surface area contributed by atoms with Gasteiger partial charge < -0.3 is 14.0 Å². The molecule has 2 heterocycles. The number of carbonyl (C=O) groups is 2. The van der Waals surface area contributed by atoms with Crippen molar-refractivity contribution < 1.29 is 27.5 Å². The van der Waals surface area contributed by atoms with Crippen LogP contribution in [0.2, 0.25) is 0 Å². The molecule has 0 saturated carbocycles. The first kappa shape index (κ1) is 24.6. The number of esters is 1. The van der Waals surface area contributed by atoms with Gasteiger partial charge in [0, 0.05) is 11.0 Å². The summed E-state index contributed by atoms with van der Waals surface area (Å²) < 4.78 is 40.9. The zero-order chi connectivity index (χ0) is 24.5. The molecule has 1 saturated heterocycles. The minimum atomic E-state index is -3.90. The van der Waals surface area contributed by atoms with E-state index in [-0.39, 0.29) is 18.0 Å². The Hall–Kier alpha value is -2.54. The number of hydrogen-bond acceptors (Lipinski definition) is 7. The average Bonchev–Trinajstić information content (AvgIpc) is 3.45. The highest BCUT2D eigenvalue weighted by atomic mass is 79.9. The molecule has 1 aliphatic heterocycles. The van der Waals surface area contributed by atoms with Gasteiger partial charge >= 0.3 is 5.97 Å². The van der Waals surface area contributed by atoms with Gasteiger partial charge in [0.1, 0.15) is 18.3 Å². The maximum Gasteiger partial charge on any atom is 0.325 e. The lowest BCUT2D eigenvalue weighted by atomic mass is 10.2. The number of rotatable bonds is 6. The number of sulfonamides is 1. The maximum absolute atomic E-state index is 13.3. The van der Waals surface area contributed by atoms with Crippen molar-refractivity contribution in [3.05, 3.63) is 51.7 Å². The standard InChI is InChI=1S/C22H22BrN3O6S2/c1-31-15-6-8-16(9-7-15)34(29,30)26-11-3-4-18(26)21(28)24-22-25(13-20(27)32-2)17-10-5-14(23)12-19(17)33-22/h5-10,12,18H,3-4,11,13H2,1-2H3. The average molecular weight is 568 g/mol. The van der Waals surface area contributed by atoms with Gasteiger partial charge in [-0.15, -0.1) is 0 Å². The molecule has 1 aliphatic rings. The zero-order valence-electron chi connectivity index (χ0n) is 18.4. The van der Waals surface area contributed by atoms with Gasteiger partial charge in [-0.05, 0) is 55.3 Å². The van der Waals surface area contributed by atoms with Crippen LogP contribution in [0.4, 0.5) is 0 Å². The summed E-state index contributed by atoms with van der Waals surface area (Å²) in [7, 11) is -1.11. The second-order valence-corrected chi connectivity index (χ2v) is 11.4. The molecule has 9 nitrogen and oxygen atoms in total. The van der Waals surface area contributed by atoms with Crippen LogP contribution in [0.25, 0.3) is 10.2 Å². The van der Waals surface area contributed by atoms with E-state index in [1.54, 1.807) is 16.7 Å². The number of methoxy groups -OCH3 is 2. The molecule has 1 atom stereocenters. The maximum atomic E-state index is 13.3. The number of halogens is 1. The van der Waals surface area contributed by atoms with Crippen molar-refractivity contribution >= 4 is 59.4 Å². The minimum Gasteiger partial charge on any atom is -0.497 e. The second-order valence-electron chi connectivity index (χ2n) is 7.56. The summed E-state index contributed by atoms with van der Waals surface area (Å²) in [6, 6.07) is 10.6. The third-order valence-corrected chi connectivity index (χ3v) is 8.98. The van der Waals surface area contributed by atoms with Crippen molar-refractivity contribution in [2.24, 2.45) is 4.99 Å². The first-order valence-electron chi connectivity index (χ1n) is 10.3. The Morgan fingerprint density at radius 1 is 1.18 bits per heavy atom. The molecule has 180 valence electrons. The number of hydrogen-bond donors (Lipinski definition) is 0. The Kier molecular flexibility index (Phi) is 7.22. The Morgan fingerprint density at radius 2 is 1.91 bits per heavy atom. The van der Waals surface area contributed by atoms with Gasteiger partial charge in [-0.2, -0.15) is 9.30 Å². The van der Waals surface area contributed by atoms with Crippen LogP contribution in [0.5, 0.6) is 5.75 Å². The predicted octanol–water partition coefficient (Wildman–Crippen LogP) is 2.93. The largest absolute Gasteiger partial charge is 0.497 e. The highest BCUT2D eigenvalue weighted by molar-refractivity contribution is 9.10. The summed E-state index contributed by atoms with van der Waals surface area (Å²) in [5, 5.41) is 0. The van der Waals surface area contributed by atoms with Crippen molar-refractivity contribution in [2.75, 3.05) is 20.8 Å². The summed E-state index contributed by atoms with van der Waals surface area (Å²) in [6.07, 6.45) is 0.911. The fourth-order valence-electron chi connectivity index (χ4n) is 3.81. The molecule has 4 rings (SSSR count). The Balaban J connectivity index is 1.71. The summed E-state index contributed by atoms with van der Waals surface area (Å²) in [4.78, 5) is 29.9. The number of aromatic nitrogens is 1. The molecule has 3 aromatic rings. The molecule has 0 N–H and O–H groups in total. The highest BCUT2D eigenvalue weighted by Crippen LogP contribution is 2.28. The van der Waals surface area contributed by atoms with E-state index in [1.807, 2.05) is 18.2 Å². The smallest absolute Gasteiger partial charge is 0.325 e. The number of benzene rings is 2. The van der Waals surface area contributed by atoms with Gasteiger partial charge in [-0.1, -0.05) is 27.3 Å². The first-order chi connectivity index (χ1) is 16.2. The molecular formula is C22H22BrN3O6S2. The van der Waals surface area contributed by atoms with E-state index in [9.17, 15) is 18.0 Å². The van der Waals surface area contributed by atoms with Crippen LogP contribution in [0.3, 0.4) is 0 Å². The van der Waals surface area contributed by atoms with E-state index in [1.165, 1.54) is 42.0 Å². The van der Waals surface area contributed by atoms with E-state index >= 15 is 0 Å². The van der Waals surface area contributed by atoms with E-state index < -0.39 is 27.9 Å². The van der Waals surface area contributed by atoms with E-state index in [0.717, 1.165) is 14.7 Å². The normalized spacial score (nSPS) is 17.3. The molecule has 1 amide bonds. The SMILES string of the molecule is COC(=O)Cn1c(=NC(=O)C2CCCN2S(=O)(=O)c2ccc(OC)cc2)sc2cc(Br)ccc21. The quantitative estimate of drug-likeness (QED) is 0.424. The highest BCUT2D eigenvalue weighted by Gasteiger charge is 2.39. The lowest BCUT2D eigenvalue weighted by Crippen LogP contribution is -2.40. The summed E-state index contributed by atoms with van der Waals surface area (Å²) in [6.45, 7) is 0.102. The molecule has 0 aliphatic carbocycles. The van der Waals surface area contributed by atoms with Gasteiger partial charge in [0.2, 0.25) is 10.0 Å². The first-order valence-corrected chi connectivity index (χ1v) is 13.4. The lowest BCUT2D eigenvalue weighted by molar-refractivity contribution is -0.141. The zero-order valence-corrected chi connectivity index (χ0v) is 21.7. The van der Waals surface area contributed by atoms with Gasteiger partial charge in [0.15, 0.2) is 4.80 Å². The molecule has 1 fully saturated rings. The number of thiazole rings is 1. The monoisotopic (exact) mass is 567 g/mol. The topological polar surface area (TPSA) is 107 Å².